The maximum atomic E-state index is 12.2. The second-order valence-electron chi connectivity index (χ2n) is 7.15. The van der Waals surface area contributed by atoms with Gasteiger partial charge >= 0.3 is 0 Å². The SMILES string of the molecule is CN=C(NCCNC(=O)c1ccc(Cl)c(Cl)c1)N1CCC(C)C(n2ccnc2)C1. The number of aliphatic imine (C=N–C) groups is 1. The summed E-state index contributed by atoms with van der Waals surface area (Å²) in [5.41, 5.74) is 0.483. The van der Waals surface area contributed by atoms with E-state index in [4.69, 9.17) is 23.2 Å². The van der Waals surface area contributed by atoms with Crippen molar-refractivity contribution >= 4 is 35.1 Å². The van der Waals surface area contributed by atoms with Crippen molar-refractivity contribution in [1.82, 2.24) is 25.1 Å². The van der Waals surface area contributed by atoms with Crippen molar-refractivity contribution in [1.29, 1.82) is 0 Å². The molecule has 3 rings (SSSR count). The maximum absolute atomic E-state index is 12.2. The van der Waals surface area contributed by atoms with E-state index in [1.807, 2.05) is 18.7 Å². The maximum Gasteiger partial charge on any atom is 0.251 e. The fourth-order valence-electron chi connectivity index (χ4n) is 3.52. The first-order valence-electron chi connectivity index (χ1n) is 9.66. The zero-order chi connectivity index (χ0) is 20.8. The van der Waals surface area contributed by atoms with Gasteiger partial charge in [-0.1, -0.05) is 30.1 Å². The van der Waals surface area contributed by atoms with Crippen LogP contribution in [0, 0.1) is 5.92 Å². The summed E-state index contributed by atoms with van der Waals surface area (Å²) in [7, 11) is 1.78. The van der Waals surface area contributed by atoms with Crippen LogP contribution in [-0.4, -0.2) is 59.5 Å². The number of nitrogens with one attached hydrogen (secondary N) is 2. The second kappa shape index (κ2) is 9.98. The van der Waals surface area contributed by atoms with Crippen molar-refractivity contribution in [3.63, 3.8) is 0 Å². The number of benzene rings is 1. The smallest absolute Gasteiger partial charge is 0.251 e. The summed E-state index contributed by atoms with van der Waals surface area (Å²) in [4.78, 5) is 23.1. The number of hydrogen-bond donors (Lipinski definition) is 2. The molecule has 0 bridgehead atoms. The highest BCUT2D eigenvalue weighted by molar-refractivity contribution is 6.42. The van der Waals surface area contributed by atoms with Crippen LogP contribution in [0.2, 0.25) is 10.0 Å². The van der Waals surface area contributed by atoms with Crippen molar-refractivity contribution in [2.45, 2.75) is 19.4 Å². The van der Waals surface area contributed by atoms with Gasteiger partial charge in [-0.3, -0.25) is 9.79 Å². The highest BCUT2D eigenvalue weighted by Gasteiger charge is 2.28. The molecule has 1 aliphatic rings. The molecule has 2 aromatic rings. The minimum atomic E-state index is -0.188. The third-order valence-electron chi connectivity index (χ3n) is 5.21. The number of aromatic nitrogens is 2. The number of amides is 1. The number of piperidine rings is 1. The molecule has 2 unspecified atom stereocenters. The summed E-state index contributed by atoms with van der Waals surface area (Å²) in [5, 5.41) is 7.01. The lowest BCUT2D eigenvalue weighted by atomic mass is 9.93. The number of likely N-dealkylation sites (tertiary alicyclic amines) is 1. The number of hydrogen-bond acceptors (Lipinski definition) is 3. The molecule has 2 N–H and O–H groups in total. The Kier molecular flexibility index (Phi) is 7.39. The Bertz CT molecular complexity index is 855. The van der Waals surface area contributed by atoms with Gasteiger partial charge in [0.2, 0.25) is 0 Å². The first kappa shape index (κ1) is 21.5. The number of carbonyl (C=O) groups excluding carboxylic acids is 1. The molecule has 156 valence electrons. The molecule has 0 spiro atoms. The molecule has 1 fully saturated rings. The lowest BCUT2D eigenvalue weighted by molar-refractivity contribution is 0.0954. The molecule has 0 radical (unpaired) electrons. The summed E-state index contributed by atoms with van der Waals surface area (Å²) in [6.07, 6.45) is 6.78. The minimum absolute atomic E-state index is 0.188. The van der Waals surface area contributed by atoms with Gasteiger partial charge in [-0.15, -0.1) is 0 Å². The molecule has 7 nitrogen and oxygen atoms in total. The van der Waals surface area contributed by atoms with E-state index in [2.05, 4.69) is 37.0 Å². The molecular weight excluding hydrogens is 411 g/mol. The third kappa shape index (κ3) is 5.42. The largest absolute Gasteiger partial charge is 0.354 e. The number of halogens is 2. The number of nitrogens with zero attached hydrogens (tertiary/aromatic N) is 4. The second-order valence-corrected chi connectivity index (χ2v) is 7.96. The van der Waals surface area contributed by atoms with Gasteiger partial charge in [0.15, 0.2) is 5.96 Å². The Morgan fingerprint density at radius 3 is 2.76 bits per heavy atom. The normalized spacial score (nSPS) is 19.9. The number of rotatable bonds is 5. The lowest BCUT2D eigenvalue weighted by Gasteiger charge is -2.39. The predicted octanol–water partition coefficient (Wildman–Crippen LogP) is 3.08. The first-order valence-corrected chi connectivity index (χ1v) is 10.4. The Morgan fingerprint density at radius 2 is 2.07 bits per heavy atom. The zero-order valence-corrected chi connectivity index (χ0v) is 18.1. The van der Waals surface area contributed by atoms with Gasteiger partial charge in [0.05, 0.1) is 22.4 Å². The molecule has 1 saturated heterocycles. The van der Waals surface area contributed by atoms with E-state index in [1.54, 1.807) is 25.2 Å². The van der Waals surface area contributed by atoms with Gasteiger partial charge in [-0.2, -0.15) is 0 Å². The summed E-state index contributed by atoms with van der Waals surface area (Å²) in [6.45, 7) is 5.13. The fourth-order valence-corrected chi connectivity index (χ4v) is 3.82. The monoisotopic (exact) mass is 436 g/mol. The highest BCUT2D eigenvalue weighted by atomic mass is 35.5. The topological polar surface area (TPSA) is 74.6 Å². The average molecular weight is 437 g/mol. The average Bonchev–Trinajstić information content (AvgIpc) is 3.25. The molecular formula is C20H26Cl2N6O. The van der Waals surface area contributed by atoms with E-state index in [9.17, 15) is 4.79 Å². The van der Waals surface area contributed by atoms with Crippen LogP contribution in [-0.2, 0) is 0 Å². The molecule has 1 aromatic carbocycles. The van der Waals surface area contributed by atoms with Crippen molar-refractivity contribution < 1.29 is 4.79 Å². The van der Waals surface area contributed by atoms with E-state index in [1.165, 1.54) is 0 Å². The van der Waals surface area contributed by atoms with E-state index >= 15 is 0 Å². The van der Waals surface area contributed by atoms with E-state index in [0.717, 1.165) is 25.5 Å². The quantitative estimate of drug-likeness (QED) is 0.429. The summed E-state index contributed by atoms with van der Waals surface area (Å²) < 4.78 is 2.17. The molecule has 1 amide bonds. The Morgan fingerprint density at radius 1 is 1.28 bits per heavy atom. The van der Waals surface area contributed by atoms with Crippen LogP contribution in [0.5, 0.6) is 0 Å². The molecule has 0 saturated carbocycles. The summed E-state index contributed by atoms with van der Waals surface area (Å²) >= 11 is 11.9. The standard InChI is InChI=1S/C20H26Cl2N6O/c1-14-5-9-27(12-18(14)28-10-8-24-13-28)20(23-2)26-7-6-25-19(29)15-3-4-16(21)17(22)11-15/h3-4,8,10-11,13-14,18H,5-7,9,12H2,1-2H3,(H,23,26)(H,25,29). The number of guanidine groups is 1. The number of imidazole rings is 1. The van der Waals surface area contributed by atoms with Crippen LogP contribution < -0.4 is 10.6 Å². The van der Waals surface area contributed by atoms with Gasteiger partial charge < -0.3 is 20.1 Å². The van der Waals surface area contributed by atoms with E-state index in [0.29, 0.717) is 40.7 Å². The first-order chi connectivity index (χ1) is 14.0. The predicted molar refractivity (Wildman–Crippen MR) is 117 cm³/mol. The van der Waals surface area contributed by atoms with Crippen LogP contribution >= 0.6 is 23.2 Å². The molecule has 1 aliphatic heterocycles. The van der Waals surface area contributed by atoms with Crippen molar-refractivity contribution in [2.75, 3.05) is 33.2 Å². The molecule has 2 heterocycles. The van der Waals surface area contributed by atoms with Gasteiger partial charge in [0.25, 0.3) is 5.91 Å². The fraction of sp³-hybridized carbons (Fsp3) is 0.450. The van der Waals surface area contributed by atoms with Gasteiger partial charge in [0, 0.05) is 51.2 Å². The lowest BCUT2D eigenvalue weighted by Crippen LogP contribution is -2.50. The summed E-state index contributed by atoms with van der Waals surface area (Å²) in [5.74, 6) is 1.22. The van der Waals surface area contributed by atoms with Crippen molar-refractivity contribution in [3.8, 4) is 0 Å². The zero-order valence-electron chi connectivity index (χ0n) is 16.6. The molecule has 2 atom stereocenters. The van der Waals surface area contributed by atoms with Crippen LogP contribution in [0.3, 0.4) is 0 Å². The van der Waals surface area contributed by atoms with Crippen molar-refractivity contribution in [2.24, 2.45) is 10.9 Å². The molecule has 29 heavy (non-hydrogen) atoms. The van der Waals surface area contributed by atoms with Crippen LogP contribution in [0.15, 0.2) is 41.9 Å². The van der Waals surface area contributed by atoms with E-state index in [-0.39, 0.29) is 5.91 Å². The number of carbonyl (C=O) groups is 1. The molecule has 9 heteroatoms. The van der Waals surface area contributed by atoms with Gasteiger partial charge in [0.1, 0.15) is 0 Å². The van der Waals surface area contributed by atoms with Crippen LogP contribution in [0.25, 0.3) is 0 Å². The highest BCUT2D eigenvalue weighted by Crippen LogP contribution is 2.27. The van der Waals surface area contributed by atoms with Gasteiger partial charge in [-0.05, 0) is 30.5 Å². The molecule has 0 aliphatic carbocycles. The Hall–Kier alpha value is -2.25. The van der Waals surface area contributed by atoms with Gasteiger partial charge in [-0.25, -0.2) is 4.98 Å². The van der Waals surface area contributed by atoms with Crippen LogP contribution in [0.1, 0.15) is 29.7 Å². The van der Waals surface area contributed by atoms with E-state index < -0.39 is 0 Å². The van der Waals surface area contributed by atoms with Crippen LogP contribution in [0.4, 0.5) is 0 Å². The molecule has 1 aromatic heterocycles. The van der Waals surface area contributed by atoms with Crippen molar-refractivity contribution in [3.05, 3.63) is 52.5 Å². The third-order valence-corrected chi connectivity index (χ3v) is 5.95. The minimum Gasteiger partial charge on any atom is -0.354 e. The summed E-state index contributed by atoms with van der Waals surface area (Å²) in [6, 6.07) is 5.20. The Labute approximate surface area is 181 Å². The Balaban J connectivity index is 1.49.